The molecule has 90 heavy (non-hydrogen) atoms. The zero-order chi connectivity index (χ0) is 65.2. The first-order chi connectivity index (χ1) is 44.1. The van der Waals surface area contributed by atoms with Crippen LogP contribution in [-0.4, -0.2) is 140 Å². The molecule has 0 saturated carbocycles. The van der Waals surface area contributed by atoms with Gasteiger partial charge in [-0.15, -0.1) is 0 Å². The average molecular weight is 1270 g/mol. The van der Waals surface area contributed by atoms with Gasteiger partial charge in [0.05, 0.1) is 32.0 Å². The van der Waals surface area contributed by atoms with Crippen molar-refractivity contribution in [3.8, 4) is 0 Å². The van der Waals surface area contributed by atoms with E-state index in [9.17, 15) is 45.6 Å². The molecule has 2 aliphatic rings. The molecule has 0 aromatic heterocycles. The summed E-state index contributed by atoms with van der Waals surface area (Å²) in [5.74, 6) is -0.297. The van der Waals surface area contributed by atoms with Gasteiger partial charge in [-0.1, -0.05) is 304 Å². The van der Waals surface area contributed by atoms with Crippen molar-refractivity contribution in [3.05, 3.63) is 97.2 Å². The summed E-state index contributed by atoms with van der Waals surface area (Å²) < 4.78 is 22.8. The Balaban J connectivity index is 1.68. The van der Waals surface area contributed by atoms with Crippen LogP contribution in [0.2, 0.25) is 0 Å². The van der Waals surface area contributed by atoms with E-state index in [1.54, 1.807) is 6.08 Å². The molecule has 14 nitrogen and oxygen atoms in total. The smallest absolute Gasteiger partial charge is 0.220 e. The molecule has 2 fully saturated rings. The second kappa shape index (κ2) is 59.6. The van der Waals surface area contributed by atoms with Crippen LogP contribution in [0.1, 0.15) is 284 Å². The third-order valence-electron chi connectivity index (χ3n) is 17.3. The van der Waals surface area contributed by atoms with Gasteiger partial charge in [-0.05, 0) is 70.6 Å². The molecule has 0 aliphatic carbocycles. The van der Waals surface area contributed by atoms with E-state index in [1.807, 2.05) is 6.08 Å². The molecule has 0 aromatic rings. The summed E-state index contributed by atoms with van der Waals surface area (Å²) in [7, 11) is 0. The van der Waals surface area contributed by atoms with Crippen LogP contribution in [-0.2, 0) is 23.7 Å². The normalized spacial score (nSPS) is 23.5. The van der Waals surface area contributed by atoms with Gasteiger partial charge in [0.25, 0.3) is 0 Å². The van der Waals surface area contributed by atoms with Crippen LogP contribution in [0.3, 0.4) is 0 Å². The Hall–Kier alpha value is -3.09. The van der Waals surface area contributed by atoms with Crippen molar-refractivity contribution in [1.29, 1.82) is 0 Å². The number of hydrogen-bond acceptors (Lipinski definition) is 13. The predicted molar refractivity (Wildman–Crippen MR) is 369 cm³/mol. The fraction of sp³-hybridized carbons (Fsp3) is 0.776. The Labute approximate surface area is 547 Å². The van der Waals surface area contributed by atoms with E-state index >= 15 is 0 Å². The number of ether oxygens (including phenoxy) is 4. The minimum Gasteiger partial charge on any atom is -0.394 e. The lowest BCUT2D eigenvalue weighted by Crippen LogP contribution is -2.65. The first-order valence-corrected chi connectivity index (χ1v) is 36.5. The van der Waals surface area contributed by atoms with Gasteiger partial charge in [-0.3, -0.25) is 4.79 Å². The summed E-state index contributed by atoms with van der Waals surface area (Å²) in [6, 6.07) is -0.954. The number of nitrogens with one attached hydrogen (secondary N) is 1. The fourth-order valence-electron chi connectivity index (χ4n) is 11.5. The summed E-state index contributed by atoms with van der Waals surface area (Å²) in [5.41, 5.74) is 0. The van der Waals surface area contributed by atoms with Crippen molar-refractivity contribution < 1.29 is 64.6 Å². The van der Waals surface area contributed by atoms with Crippen LogP contribution in [0.25, 0.3) is 0 Å². The Kier molecular flexibility index (Phi) is 55.0. The minimum atomic E-state index is -1.80. The molecule has 14 heteroatoms. The van der Waals surface area contributed by atoms with E-state index in [2.05, 4.69) is 104 Å². The zero-order valence-electron chi connectivity index (χ0n) is 56.6. The van der Waals surface area contributed by atoms with Gasteiger partial charge in [-0.2, -0.15) is 0 Å². The fourth-order valence-corrected chi connectivity index (χ4v) is 11.5. The molecule has 2 saturated heterocycles. The Morgan fingerprint density at radius 1 is 0.411 bits per heavy atom. The lowest BCUT2D eigenvalue weighted by molar-refractivity contribution is -0.359. The highest BCUT2D eigenvalue weighted by atomic mass is 16.7. The highest BCUT2D eigenvalue weighted by Crippen LogP contribution is 2.30. The maximum Gasteiger partial charge on any atom is 0.220 e. The van der Waals surface area contributed by atoms with Gasteiger partial charge < -0.3 is 65.1 Å². The molecule has 0 bridgehead atoms. The summed E-state index contributed by atoms with van der Waals surface area (Å²) in [6.07, 6.45) is 67.7. The number of allylic oxidation sites excluding steroid dienone is 15. The SMILES string of the molecule is CC/C=C\C/C=C\C/C=C\C/C=C\C/C=C\C/C=C\C/C=C\CCCC(=O)NC(COC1OC(CO)C(OC2OC(CO)C(O)C(O)C2O)C(O)C1O)C(O)/C=C/CCCCCCCCCCCCCCCCCCCCCCCCCCCCCCCCC. The number of aliphatic hydroxyl groups excluding tert-OH is 8. The molecule has 12 atom stereocenters. The van der Waals surface area contributed by atoms with Crippen LogP contribution < -0.4 is 5.32 Å². The van der Waals surface area contributed by atoms with Gasteiger partial charge in [0.1, 0.15) is 48.8 Å². The number of carbonyl (C=O) groups is 1. The molecular formula is C76H133NO13. The number of amides is 1. The predicted octanol–water partition coefficient (Wildman–Crippen LogP) is 15.3. The van der Waals surface area contributed by atoms with E-state index in [0.29, 0.717) is 12.8 Å². The Morgan fingerprint density at radius 3 is 1.17 bits per heavy atom. The number of aliphatic hydroxyl groups is 8. The van der Waals surface area contributed by atoms with Gasteiger partial charge in [0, 0.05) is 6.42 Å². The van der Waals surface area contributed by atoms with Crippen LogP contribution in [0.4, 0.5) is 0 Å². The lowest BCUT2D eigenvalue weighted by atomic mass is 9.97. The quantitative estimate of drug-likeness (QED) is 0.0204. The van der Waals surface area contributed by atoms with Crippen molar-refractivity contribution in [3.63, 3.8) is 0 Å². The van der Waals surface area contributed by atoms with Gasteiger partial charge >= 0.3 is 0 Å². The van der Waals surface area contributed by atoms with Crippen molar-refractivity contribution in [2.75, 3.05) is 19.8 Å². The van der Waals surface area contributed by atoms with E-state index < -0.39 is 86.8 Å². The van der Waals surface area contributed by atoms with Crippen LogP contribution in [0, 0.1) is 0 Å². The first kappa shape index (κ1) is 83.0. The van der Waals surface area contributed by atoms with E-state index in [-0.39, 0.29) is 18.9 Å². The minimum absolute atomic E-state index is 0.196. The third-order valence-corrected chi connectivity index (χ3v) is 17.3. The molecule has 12 unspecified atom stereocenters. The second-order valence-electron chi connectivity index (χ2n) is 25.3. The monoisotopic (exact) mass is 1270 g/mol. The van der Waals surface area contributed by atoms with E-state index in [4.69, 9.17) is 18.9 Å². The molecule has 2 rings (SSSR count). The van der Waals surface area contributed by atoms with Crippen molar-refractivity contribution in [2.45, 2.75) is 357 Å². The standard InChI is InChI=1S/C76H133NO13/c1-3-5-7-9-11-13-15-17-19-21-23-25-27-28-29-30-31-32-33-34-35-36-38-39-41-43-45-47-49-51-53-55-57-59-65(80)64(63-87-75-73(86)71(84)74(67(62-79)89-75)90-76-72(85)70(83)69(82)66(61-78)88-76)77-68(81)60-58-56-54-52-50-48-46-44-42-40-37-26-24-22-20-18-16-14-12-10-8-6-4-2/h6,8,12,14,18,20,24,26,40,42,46,48,52,54,57,59,64-67,69-76,78-80,82-86H,3-5,7,9-11,13,15-17,19,21-23,25,27-39,41,43-45,47,49-51,53,55-56,58,60-63H2,1-2H3,(H,77,81)/b8-6-,14-12-,20-18-,26-24-,42-40-,48-46-,54-52-,59-57+. The van der Waals surface area contributed by atoms with Crippen LogP contribution in [0.15, 0.2) is 97.2 Å². The van der Waals surface area contributed by atoms with Crippen LogP contribution >= 0.6 is 0 Å². The molecule has 0 spiro atoms. The summed E-state index contributed by atoms with van der Waals surface area (Å²) in [5, 5.41) is 87.4. The largest absolute Gasteiger partial charge is 0.394 e. The molecule has 520 valence electrons. The van der Waals surface area contributed by atoms with Gasteiger partial charge in [-0.25, -0.2) is 0 Å². The molecular weight excluding hydrogens is 1130 g/mol. The molecule has 2 heterocycles. The summed E-state index contributed by atoms with van der Waals surface area (Å²) in [4.78, 5) is 13.3. The second-order valence-corrected chi connectivity index (χ2v) is 25.3. The van der Waals surface area contributed by atoms with Crippen molar-refractivity contribution in [1.82, 2.24) is 5.32 Å². The molecule has 0 radical (unpaired) electrons. The maximum atomic E-state index is 13.3. The summed E-state index contributed by atoms with van der Waals surface area (Å²) >= 11 is 0. The highest BCUT2D eigenvalue weighted by Gasteiger charge is 2.51. The number of hydrogen-bond donors (Lipinski definition) is 9. The average Bonchev–Trinajstić information content (AvgIpc) is 1.28. The number of unbranched alkanes of at least 4 members (excludes halogenated alkanes) is 32. The lowest BCUT2D eigenvalue weighted by Gasteiger charge is -2.46. The third kappa shape index (κ3) is 43.0. The van der Waals surface area contributed by atoms with Gasteiger partial charge in [0.2, 0.25) is 5.91 Å². The molecule has 9 N–H and O–H groups in total. The van der Waals surface area contributed by atoms with E-state index in [0.717, 1.165) is 64.2 Å². The van der Waals surface area contributed by atoms with Crippen molar-refractivity contribution >= 4 is 5.91 Å². The maximum absolute atomic E-state index is 13.3. The van der Waals surface area contributed by atoms with Crippen LogP contribution in [0.5, 0.6) is 0 Å². The molecule has 0 aromatic carbocycles. The number of carbonyl (C=O) groups excluding carboxylic acids is 1. The first-order valence-electron chi connectivity index (χ1n) is 36.5. The number of rotatable bonds is 59. The highest BCUT2D eigenvalue weighted by molar-refractivity contribution is 5.76. The summed E-state index contributed by atoms with van der Waals surface area (Å²) in [6.45, 7) is 2.67. The Bertz CT molecular complexity index is 1880. The Morgan fingerprint density at radius 2 is 0.767 bits per heavy atom. The zero-order valence-corrected chi connectivity index (χ0v) is 56.6. The van der Waals surface area contributed by atoms with Gasteiger partial charge in [0.15, 0.2) is 12.6 Å². The van der Waals surface area contributed by atoms with Crippen molar-refractivity contribution in [2.24, 2.45) is 0 Å². The molecule has 2 aliphatic heterocycles. The van der Waals surface area contributed by atoms with E-state index in [1.165, 1.54) is 186 Å². The topological polar surface area (TPSA) is 228 Å². The molecule has 1 amide bonds.